The molecule has 108 valence electrons. The highest BCUT2D eigenvalue weighted by Crippen LogP contribution is 2.27. The maximum Gasteiger partial charge on any atom is 0.160 e. The minimum Gasteiger partial charge on any atom is -0.493 e. The van der Waals surface area contributed by atoms with E-state index in [2.05, 4.69) is 31.9 Å². The Morgan fingerprint density at radius 1 is 1.16 bits per heavy atom. The van der Waals surface area contributed by atoms with Gasteiger partial charge in [0.15, 0.2) is 11.5 Å². The van der Waals surface area contributed by atoms with E-state index in [4.69, 9.17) is 15.2 Å². The van der Waals surface area contributed by atoms with Crippen LogP contribution >= 0.6 is 0 Å². The number of benzene rings is 1. The third-order valence-electron chi connectivity index (χ3n) is 3.72. The molecule has 0 heterocycles. The maximum absolute atomic E-state index is 5.78. The number of hydrogen-bond acceptors (Lipinski definition) is 4. The standard InChI is InChI=1S/C15H26N2O2/c1-15(2,11-16)17(3)9-8-12-6-7-13(18-4)14(10-12)19-5/h6-7,10H,8-9,11,16H2,1-5H3. The van der Waals surface area contributed by atoms with Crippen molar-refractivity contribution in [3.05, 3.63) is 23.8 Å². The molecule has 2 N–H and O–H groups in total. The van der Waals surface area contributed by atoms with Crippen LogP contribution in [0, 0.1) is 0 Å². The molecule has 0 spiro atoms. The molecule has 0 atom stereocenters. The smallest absolute Gasteiger partial charge is 0.160 e. The van der Waals surface area contributed by atoms with Crippen molar-refractivity contribution in [3.8, 4) is 11.5 Å². The molecule has 0 saturated heterocycles. The molecule has 0 aromatic heterocycles. The molecular weight excluding hydrogens is 240 g/mol. The second-order valence-electron chi connectivity index (χ2n) is 5.38. The molecule has 1 aromatic rings. The molecule has 0 amide bonds. The fourth-order valence-corrected chi connectivity index (χ4v) is 1.79. The van der Waals surface area contributed by atoms with E-state index in [1.54, 1.807) is 14.2 Å². The van der Waals surface area contributed by atoms with Gasteiger partial charge in [-0.1, -0.05) is 6.07 Å². The van der Waals surface area contributed by atoms with Crippen molar-refractivity contribution in [2.24, 2.45) is 5.73 Å². The lowest BCUT2D eigenvalue weighted by Gasteiger charge is -2.34. The Labute approximate surface area is 116 Å². The van der Waals surface area contributed by atoms with Crippen molar-refractivity contribution >= 4 is 0 Å². The van der Waals surface area contributed by atoms with Gasteiger partial charge in [-0.3, -0.25) is 4.90 Å². The summed E-state index contributed by atoms with van der Waals surface area (Å²) in [5.41, 5.74) is 7.04. The Hall–Kier alpha value is -1.26. The molecule has 0 unspecified atom stereocenters. The van der Waals surface area contributed by atoms with E-state index >= 15 is 0 Å². The lowest BCUT2D eigenvalue weighted by molar-refractivity contribution is 0.166. The number of methoxy groups -OCH3 is 2. The van der Waals surface area contributed by atoms with Crippen molar-refractivity contribution in [2.75, 3.05) is 34.4 Å². The second kappa shape index (κ2) is 6.78. The molecular formula is C15H26N2O2. The van der Waals surface area contributed by atoms with Crippen LogP contribution in [0.25, 0.3) is 0 Å². The third kappa shape index (κ3) is 4.11. The van der Waals surface area contributed by atoms with Crippen LogP contribution in [0.2, 0.25) is 0 Å². The first-order valence-electron chi connectivity index (χ1n) is 6.57. The molecule has 0 radical (unpaired) electrons. The Kier molecular flexibility index (Phi) is 5.63. The topological polar surface area (TPSA) is 47.7 Å². The van der Waals surface area contributed by atoms with Gasteiger partial charge in [0.2, 0.25) is 0 Å². The van der Waals surface area contributed by atoms with Gasteiger partial charge in [-0.15, -0.1) is 0 Å². The number of nitrogens with zero attached hydrogens (tertiary/aromatic N) is 1. The largest absolute Gasteiger partial charge is 0.493 e. The van der Waals surface area contributed by atoms with E-state index in [1.807, 2.05) is 12.1 Å². The normalized spacial score (nSPS) is 11.7. The van der Waals surface area contributed by atoms with E-state index in [0.717, 1.165) is 24.5 Å². The van der Waals surface area contributed by atoms with E-state index in [-0.39, 0.29) is 5.54 Å². The summed E-state index contributed by atoms with van der Waals surface area (Å²) in [6.45, 7) is 5.92. The Bertz CT molecular complexity index is 405. The van der Waals surface area contributed by atoms with Crippen LogP contribution in [0.1, 0.15) is 19.4 Å². The van der Waals surface area contributed by atoms with Gasteiger partial charge in [-0.2, -0.15) is 0 Å². The zero-order chi connectivity index (χ0) is 14.5. The minimum atomic E-state index is 0.0244. The quantitative estimate of drug-likeness (QED) is 0.819. The van der Waals surface area contributed by atoms with E-state index < -0.39 is 0 Å². The number of nitrogens with two attached hydrogens (primary N) is 1. The highest BCUT2D eigenvalue weighted by Gasteiger charge is 2.20. The predicted octanol–water partition coefficient (Wildman–Crippen LogP) is 1.92. The minimum absolute atomic E-state index is 0.0244. The van der Waals surface area contributed by atoms with Gasteiger partial charge in [0.05, 0.1) is 14.2 Å². The number of likely N-dealkylation sites (N-methyl/N-ethyl adjacent to an activating group) is 1. The van der Waals surface area contributed by atoms with E-state index in [9.17, 15) is 0 Å². The molecule has 19 heavy (non-hydrogen) atoms. The summed E-state index contributed by atoms with van der Waals surface area (Å²) in [6.07, 6.45) is 0.959. The van der Waals surface area contributed by atoms with Crippen molar-refractivity contribution in [1.29, 1.82) is 0 Å². The molecule has 0 aliphatic heterocycles. The van der Waals surface area contributed by atoms with Crippen LogP contribution in [0.3, 0.4) is 0 Å². The summed E-state index contributed by atoms with van der Waals surface area (Å²) in [4.78, 5) is 2.28. The molecule has 0 aliphatic rings. The summed E-state index contributed by atoms with van der Waals surface area (Å²) in [5.74, 6) is 1.54. The average molecular weight is 266 g/mol. The van der Waals surface area contributed by atoms with Crippen LogP contribution in [-0.4, -0.2) is 44.8 Å². The van der Waals surface area contributed by atoms with Crippen molar-refractivity contribution in [3.63, 3.8) is 0 Å². The number of rotatable bonds is 7. The van der Waals surface area contributed by atoms with Gasteiger partial charge in [0.25, 0.3) is 0 Å². The zero-order valence-electron chi connectivity index (χ0n) is 12.7. The molecule has 4 heteroatoms. The number of hydrogen-bond donors (Lipinski definition) is 1. The zero-order valence-corrected chi connectivity index (χ0v) is 12.7. The fraction of sp³-hybridized carbons (Fsp3) is 0.600. The van der Waals surface area contributed by atoms with Gasteiger partial charge in [-0.25, -0.2) is 0 Å². The fourth-order valence-electron chi connectivity index (χ4n) is 1.79. The first-order chi connectivity index (χ1) is 8.94. The SMILES string of the molecule is COc1ccc(CCN(C)C(C)(C)CN)cc1OC. The highest BCUT2D eigenvalue weighted by atomic mass is 16.5. The Balaban J connectivity index is 2.68. The monoisotopic (exact) mass is 266 g/mol. The van der Waals surface area contributed by atoms with Gasteiger partial charge in [0, 0.05) is 18.6 Å². The Morgan fingerprint density at radius 2 is 1.79 bits per heavy atom. The molecule has 0 fully saturated rings. The molecule has 0 aliphatic carbocycles. The van der Waals surface area contributed by atoms with Gasteiger partial charge >= 0.3 is 0 Å². The highest BCUT2D eigenvalue weighted by molar-refractivity contribution is 5.42. The third-order valence-corrected chi connectivity index (χ3v) is 3.72. The van der Waals surface area contributed by atoms with Gasteiger partial charge in [0.1, 0.15) is 0 Å². The molecule has 0 saturated carbocycles. The van der Waals surface area contributed by atoms with E-state index in [0.29, 0.717) is 6.54 Å². The van der Waals surface area contributed by atoms with Crippen LogP contribution in [0.15, 0.2) is 18.2 Å². The van der Waals surface area contributed by atoms with Gasteiger partial charge in [-0.05, 0) is 45.0 Å². The van der Waals surface area contributed by atoms with Crippen LogP contribution in [0.5, 0.6) is 11.5 Å². The first-order valence-corrected chi connectivity index (χ1v) is 6.57. The van der Waals surface area contributed by atoms with Crippen molar-refractivity contribution < 1.29 is 9.47 Å². The predicted molar refractivity (Wildman–Crippen MR) is 79.0 cm³/mol. The Morgan fingerprint density at radius 3 is 2.32 bits per heavy atom. The maximum atomic E-state index is 5.78. The molecule has 1 aromatic carbocycles. The summed E-state index contributed by atoms with van der Waals surface area (Å²) in [6, 6.07) is 6.05. The summed E-state index contributed by atoms with van der Waals surface area (Å²) in [5, 5.41) is 0. The van der Waals surface area contributed by atoms with E-state index in [1.165, 1.54) is 5.56 Å². The lowest BCUT2D eigenvalue weighted by atomic mass is 10.0. The molecule has 4 nitrogen and oxygen atoms in total. The molecule has 0 bridgehead atoms. The molecule has 1 rings (SSSR count). The first kappa shape index (κ1) is 15.8. The van der Waals surface area contributed by atoms with Crippen LogP contribution in [0.4, 0.5) is 0 Å². The second-order valence-corrected chi connectivity index (χ2v) is 5.38. The van der Waals surface area contributed by atoms with Crippen LogP contribution in [-0.2, 0) is 6.42 Å². The summed E-state index contributed by atoms with van der Waals surface area (Å²) < 4.78 is 10.6. The summed E-state index contributed by atoms with van der Waals surface area (Å²) in [7, 11) is 5.41. The van der Waals surface area contributed by atoms with Gasteiger partial charge < -0.3 is 15.2 Å². The summed E-state index contributed by atoms with van der Waals surface area (Å²) >= 11 is 0. The lowest BCUT2D eigenvalue weighted by Crippen LogP contribution is -2.47. The average Bonchev–Trinajstić information content (AvgIpc) is 2.44. The van der Waals surface area contributed by atoms with Crippen molar-refractivity contribution in [2.45, 2.75) is 25.8 Å². The van der Waals surface area contributed by atoms with Crippen molar-refractivity contribution in [1.82, 2.24) is 4.90 Å². The van der Waals surface area contributed by atoms with Crippen LogP contribution < -0.4 is 15.2 Å². The number of ether oxygens (including phenoxy) is 2.